The van der Waals surface area contributed by atoms with E-state index in [1.54, 1.807) is 6.07 Å². The van der Waals surface area contributed by atoms with Gasteiger partial charge in [-0.1, -0.05) is 24.4 Å². The van der Waals surface area contributed by atoms with E-state index in [1.807, 2.05) is 0 Å². The van der Waals surface area contributed by atoms with Crippen molar-refractivity contribution in [3.05, 3.63) is 27.7 Å². The van der Waals surface area contributed by atoms with E-state index in [0.717, 1.165) is 12.8 Å². The molecule has 3 nitrogen and oxygen atoms in total. The summed E-state index contributed by atoms with van der Waals surface area (Å²) in [5.74, 6) is 0.482. The van der Waals surface area contributed by atoms with Crippen molar-refractivity contribution in [3.63, 3.8) is 0 Å². The highest BCUT2D eigenvalue weighted by atomic mass is 79.9. The number of hydrogen-bond acceptors (Lipinski definition) is 2. The third kappa shape index (κ3) is 3.47. The maximum absolute atomic E-state index is 12.1. The highest BCUT2D eigenvalue weighted by Crippen LogP contribution is 2.26. The Kier molecular flexibility index (Phi) is 4.69. The molecular weight excluding hydrogens is 338 g/mol. The van der Waals surface area contributed by atoms with Crippen molar-refractivity contribution in [2.75, 3.05) is 6.54 Å². The molecular formula is C12H15BrClNO2S. The molecule has 0 heterocycles. The minimum absolute atomic E-state index is 0.247. The number of halogens is 2. The first kappa shape index (κ1) is 14.3. The normalized spacial score (nSPS) is 17.2. The number of rotatable bonds is 4. The van der Waals surface area contributed by atoms with E-state index >= 15 is 0 Å². The Morgan fingerprint density at radius 3 is 2.61 bits per heavy atom. The van der Waals surface area contributed by atoms with Gasteiger partial charge in [0.15, 0.2) is 0 Å². The maximum Gasteiger partial charge on any atom is 0.240 e. The minimum atomic E-state index is -3.43. The van der Waals surface area contributed by atoms with Gasteiger partial charge in [-0.25, -0.2) is 13.1 Å². The van der Waals surface area contributed by atoms with Crippen LogP contribution in [0.4, 0.5) is 0 Å². The van der Waals surface area contributed by atoms with Gasteiger partial charge in [0.05, 0.1) is 9.92 Å². The first-order valence-corrected chi connectivity index (χ1v) is 8.59. The highest BCUT2D eigenvalue weighted by Gasteiger charge is 2.20. The molecule has 1 saturated carbocycles. The Bertz CT molecular complexity index is 527. The molecule has 1 aliphatic carbocycles. The van der Waals surface area contributed by atoms with E-state index in [2.05, 4.69) is 20.7 Å². The molecule has 0 radical (unpaired) electrons. The lowest BCUT2D eigenvalue weighted by Gasteiger charge is -2.11. The molecule has 0 aromatic heterocycles. The molecule has 0 amide bonds. The van der Waals surface area contributed by atoms with Gasteiger partial charge in [-0.05, 0) is 52.9 Å². The molecule has 6 heteroatoms. The van der Waals surface area contributed by atoms with E-state index in [4.69, 9.17) is 11.6 Å². The number of benzene rings is 1. The Hall–Kier alpha value is -0.100. The standard InChI is InChI=1S/C12H15BrClNO2S/c13-11-7-10(5-6-12(11)14)18(16,17)15-8-9-3-1-2-4-9/h5-7,9,15H,1-4,8H2. The fraction of sp³-hybridized carbons (Fsp3) is 0.500. The zero-order valence-corrected chi connectivity index (χ0v) is 13.0. The summed E-state index contributed by atoms with van der Waals surface area (Å²) in [5.41, 5.74) is 0. The van der Waals surface area contributed by atoms with Crippen LogP contribution in [0.1, 0.15) is 25.7 Å². The van der Waals surface area contributed by atoms with Crippen molar-refractivity contribution in [2.45, 2.75) is 30.6 Å². The molecule has 1 N–H and O–H groups in total. The van der Waals surface area contributed by atoms with Crippen molar-refractivity contribution in [1.82, 2.24) is 4.72 Å². The first-order valence-electron chi connectivity index (χ1n) is 5.94. The lowest BCUT2D eigenvalue weighted by molar-refractivity contribution is 0.519. The van der Waals surface area contributed by atoms with Crippen LogP contribution in [-0.2, 0) is 10.0 Å². The summed E-state index contributed by atoms with van der Waals surface area (Å²) < 4.78 is 27.4. The van der Waals surface area contributed by atoms with Gasteiger partial charge in [0.1, 0.15) is 0 Å². The highest BCUT2D eigenvalue weighted by molar-refractivity contribution is 9.10. The van der Waals surface area contributed by atoms with Crippen LogP contribution in [0, 0.1) is 5.92 Å². The van der Waals surface area contributed by atoms with Crippen LogP contribution in [0.25, 0.3) is 0 Å². The molecule has 1 aliphatic rings. The Morgan fingerprint density at radius 2 is 2.00 bits per heavy atom. The lowest BCUT2D eigenvalue weighted by Crippen LogP contribution is -2.28. The van der Waals surface area contributed by atoms with Crippen LogP contribution >= 0.6 is 27.5 Å². The van der Waals surface area contributed by atoms with Crippen molar-refractivity contribution in [2.24, 2.45) is 5.92 Å². The molecule has 0 spiro atoms. The lowest BCUT2D eigenvalue weighted by atomic mass is 10.1. The van der Waals surface area contributed by atoms with Gasteiger partial charge < -0.3 is 0 Å². The zero-order valence-electron chi connectivity index (χ0n) is 9.83. The van der Waals surface area contributed by atoms with Gasteiger partial charge in [0, 0.05) is 11.0 Å². The molecule has 100 valence electrons. The summed E-state index contributed by atoms with van der Waals surface area (Å²) in [6.07, 6.45) is 4.65. The third-order valence-electron chi connectivity index (χ3n) is 3.24. The molecule has 0 unspecified atom stereocenters. The summed E-state index contributed by atoms with van der Waals surface area (Å²) in [5, 5.41) is 0.504. The summed E-state index contributed by atoms with van der Waals surface area (Å²) in [6.45, 7) is 0.530. The Labute approximate surface area is 121 Å². The summed E-state index contributed by atoms with van der Waals surface area (Å²) in [7, 11) is -3.43. The predicted molar refractivity (Wildman–Crippen MR) is 76.3 cm³/mol. The fourth-order valence-electron chi connectivity index (χ4n) is 2.17. The van der Waals surface area contributed by atoms with Gasteiger partial charge in [0.25, 0.3) is 0 Å². The molecule has 1 aromatic carbocycles. The molecule has 18 heavy (non-hydrogen) atoms. The smallest absolute Gasteiger partial charge is 0.211 e. The van der Waals surface area contributed by atoms with Crippen molar-refractivity contribution >= 4 is 37.6 Å². The Balaban J connectivity index is 2.07. The third-order valence-corrected chi connectivity index (χ3v) is 5.87. The predicted octanol–water partition coefficient (Wildman–Crippen LogP) is 3.57. The van der Waals surface area contributed by atoms with Crippen LogP contribution < -0.4 is 4.72 Å². The van der Waals surface area contributed by atoms with E-state index in [9.17, 15) is 8.42 Å². The number of hydrogen-bond donors (Lipinski definition) is 1. The summed E-state index contributed by atoms with van der Waals surface area (Å²) in [6, 6.07) is 4.62. The van der Waals surface area contributed by atoms with E-state index in [1.165, 1.54) is 25.0 Å². The topological polar surface area (TPSA) is 46.2 Å². The molecule has 0 atom stereocenters. The van der Waals surface area contributed by atoms with Gasteiger partial charge in [-0.2, -0.15) is 0 Å². The minimum Gasteiger partial charge on any atom is -0.211 e. The molecule has 2 rings (SSSR count). The van der Waals surface area contributed by atoms with E-state index < -0.39 is 10.0 Å². The number of sulfonamides is 1. The molecule has 0 bridgehead atoms. The fourth-order valence-corrected chi connectivity index (χ4v) is 3.96. The van der Waals surface area contributed by atoms with Gasteiger partial charge in [-0.15, -0.1) is 0 Å². The first-order chi connectivity index (χ1) is 8.49. The second-order valence-corrected chi connectivity index (χ2v) is 7.61. The van der Waals surface area contributed by atoms with Crippen LogP contribution in [0.5, 0.6) is 0 Å². The quantitative estimate of drug-likeness (QED) is 0.900. The van der Waals surface area contributed by atoms with Crippen LogP contribution in [0.15, 0.2) is 27.6 Å². The van der Waals surface area contributed by atoms with Crippen LogP contribution in [0.3, 0.4) is 0 Å². The number of nitrogens with one attached hydrogen (secondary N) is 1. The van der Waals surface area contributed by atoms with Crippen LogP contribution in [0.2, 0.25) is 5.02 Å². The molecule has 1 fully saturated rings. The van der Waals surface area contributed by atoms with E-state index in [0.29, 0.717) is 22.0 Å². The van der Waals surface area contributed by atoms with Gasteiger partial charge >= 0.3 is 0 Å². The Morgan fingerprint density at radius 1 is 1.33 bits per heavy atom. The average Bonchev–Trinajstić information content (AvgIpc) is 2.83. The molecule has 0 aliphatic heterocycles. The van der Waals surface area contributed by atoms with Crippen LogP contribution in [-0.4, -0.2) is 15.0 Å². The van der Waals surface area contributed by atoms with Crippen molar-refractivity contribution in [3.8, 4) is 0 Å². The second-order valence-electron chi connectivity index (χ2n) is 4.58. The SMILES string of the molecule is O=S(=O)(NCC1CCCC1)c1ccc(Cl)c(Br)c1. The maximum atomic E-state index is 12.1. The largest absolute Gasteiger partial charge is 0.240 e. The molecule has 1 aromatic rings. The summed E-state index contributed by atoms with van der Waals surface area (Å²) >= 11 is 9.08. The van der Waals surface area contributed by atoms with Gasteiger partial charge in [-0.3, -0.25) is 0 Å². The van der Waals surface area contributed by atoms with Crippen molar-refractivity contribution in [1.29, 1.82) is 0 Å². The zero-order chi connectivity index (χ0) is 13.2. The monoisotopic (exact) mass is 351 g/mol. The second kappa shape index (κ2) is 5.90. The van der Waals surface area contributed by atoms with Crippen molar-refractivity contribution < 1.29 is 8.42 Å². The summed E-state index contributed by atoms with van der Waals surface area (Å²) in [4.78, 5) is 0.247. The van der Waals surface area contributed by atoms with Gasteiger partial charge in [0.2, 0.25) is 10.0 Å². The molecule has 0 saturated heterocycles. The average molecular weight is 353 g/mol. The van der Waals surface area contributed by atoms with E-state index in [-0.39, 0.29) is 4.90 Å².